The lowest BCUT2D eigenvalue weighted by molar-refractivity contribution is 0.0518. The van der Waals surface area contributed by atoms with Crippen LogP contribution in [0.2, 0.25) is 0 Å². The molecule has 0 spiro atoms. The Bertz CT molecular complexity index is 421. The Morgan fingerprint density at radius 3 is 2.79 bits per heavy atom. The first-order valence-corrected chi connectivity index (χ1v) is 7.00. The van der Waals surface area contributed by atoms with Gasteiger partial charge in [0.25, 0.3) is 0 Å². The van der Waals surface area contributed by atoms with Gasteiger partial charge in [-0.15, -0.1) is 0 Å². The highest BCUT2D eigenvalue weighted by Crippen LogP contribution is 2.13. The van der Waals surface area contributed by atoms with Gasteiger partial charge in [-0.2, -0.15) is 0 Å². The number of unbranched alkanes of at least 4 members (excludes halogenated alkanes) is 4. The smallest absolute Gasteiger partial charge is 0.360 e. The number of carbonyl (C=O) groups excluding carboxylic acids is 1. The number of aromatic nitrogens is 1. The molecule has 1 aromatic heterocycles. The molecule has 1 aromatic rings. The molecule has 0 unspecified atom stereocenters. The van der Waals surface area contributed by atoms with E-state index in [2.05, 4.69) is 11.9 Å². The van der Waals surface area contributed by atoms with E-state index < -0.39 is 5.97 Å². The summed E-state index contributed by atoms with van der Waals surface area (Å²) in [7, 11) is 0. The van der Waals surface area contributed by atoms with Crippen LogP contribution in [-0.4, -0.2) is 17.6 Å². The second-order valence-electron chi connectivity index (χ2n) is 4.43. The minimum Gasteiger partial charge on any atom is -0.461 e. The summed E-state index contributed by atoms with van der Waals surface area (Å²) < 4.78 is 10.3. The lowest BCUT2D eigenvalue weighted by atomic mass is 10.1. The zero-order valence-electron chi connectivity index (χ0n) is 12.1. The molecule has 0 aliphatic rings. The number of ether oxygens (including phenoxy) is 1. The Morgan fingerprint density at radius 1 is 1.32 bits per heavy atom. The average Bonchev–Trinajstić information content (AvgIpc) is 2.75. The molecule has 0 aliphatic carbocycles. The molecule has 0 aromatic carbocycles. The molecule has 106 valence electrons. The second-order valence-corrected chi connectivity index (χ2v) is 4.43. The predicted octanol–water partition coefficient (Wildman–Crippen LogP) is 4.14. The first kappa shape index (κ1) is 15.5. The number of aryl methyl sites for hydroxylation is 1. The average molecular weight is 265 g/mol. The van der Waals surface area contributed by atoms with Crippen LogP contribution < -0.4 is 0 Å². The molecule has 0 saturated carbocycles. The van der Waals surface area contributed by atoms with Crippen molar-refractivity contribution in [2.75, 3.05) is 6.61 Å². The van der Waals surface area contributed by atoms with Crippen LogP contribution in [0.5, 0.6) is 0 Å². The van der Waals surface area contributed by atoms with Gasteiger partial charge in [0, 0.05) is 0 Å². The maximum absolute atomic E-state index is 11.6. The summed E-state index contributed by atoms with van der Waals surface area (Å²) in [6.45, 7) is 6.03. The lowest BCUT2D eigenvalue weighted by Crippen LogP contribution is -2.06. The van der Waals surface area contributed by atoms with Crippen LogP contribution in [0.1, 0.15) is 68.1 Å². The van der Waals surface area contributed by atoms with Crippen LogP contribution >= 0.6 is 0 Å². The number of hydrogen-bond donors (Lipinski definition) is 0. The number of rotatable bonds is 8. The van der Waals surface area contributed by atoms with Gasteiger partial charge in [0.05, 0.1) is 6.61 Å². The van der Waals surface area contributed by atoms with E-state index in [9.17, 15) is 4.79 Å². The van der Waals surface area contributed by atoms with Crippen LogP contribution in [-0.2, 0) is 4.74 Å². The zero-order chi connectivity index (χ0) is 14.1. The quantitative estimate of drug-likeness (QED) is 0.523. The minimum atomic E-state index is -0.425. The molecular formula is C15H23NO3. The molecule has 0 saturated heterocycles. The predicted molar refractivity (Wildman–Crippen MR) is 75.0 cm³/mol. The summed E-state index contributed by atoms with van der Waals surface area (Å²) in [5.41, 5.74) is 0.271. The van der Waals surface area contributed by atoms with Crippen LogP contribution in [0, 0.1) is 6.92 Å². The van der Waals surface area contributed by atoms with Crippen molar-refractivity contribution >= 4 is 12.0 Å². The number of allylic oxidation sites excluding steroid dienone is 1. The van der Waals surface area contributed by atoms with Gasteiger partial charge in [0.1, 0.15) is 5.76 Å². The van der Waals surface area contributed by atoms with E-state index >= 15 is 0 Å². The topological polar surface area (TPSA) is 52.3 Å². The fraction of sp³-hybridized carbons (Fsp3) is 0.600. The summed E-state index contributed by atoms with van der Waals surface area (Å²) in [4.78, 5) is 15.7. The van der Waals surface area contributed by atoms with Crippen LogP contribution in [0.4, 0.5) is 0 Å². The molecular weight excluding hydrogens is 242 g/mol. The van der Waals surface area contributed by atoms with Gasteiger partial charge < -0.3 is 9.15 Å². The molecule has 0 atom stereocenters. The maximum atomic E-state index is 11.6. The Morgan fingerprint density at radius 2 is 2.11 bits per heavy atom. The van der Waals surface area contributed by atoms with Crippen molar-refractivity contribution in [3.63, 3.8) is 0 Å². The SMILES string of the molecule is CCCCCC/C=C/c1nc(C(=O)OCC)c(C)o1. The van der Waals surface area contributed by atoms with Crippen molar-refractivity contribution in [3.8, 4) is 0 Å². The van der Waals surface area contributed by atoms with Crippen molar-refractivity contribution in [1.29, 1.82) is 0 Å². The van der Waals surface area contributed by atoms with Gasteiger partial charge in [-0.1, -0.05) is 32.3 Å². The molecule has 19 heavy (non-hydrogen) atoms. The van der Waals surface area contributed by atoms with E-state index in [0.717, 1.165) is 6.42 Å². The molecule has 1 heterocycles. The van der Waals surface area contributed by atoms with Gasteiger partial charge in [-0.05, 0) is 32.8 Å². The third-order valence-corrected chi connectivity index (χ3v) is 2.77. The summed E-state index contributed by atoms with van der Waals surface area (Å²) >= 11 is 0. The van der Waals surface area contributed by atoms with Gasteiger partial charge in [-0.3, -0.25) is 0 Å². The molecule has 4 heteroatoms. The molecule has 4 nitrogen and oxygen atoms in total. The Balaban J connectivity index is 2.49. The van der Waals surface area contributed by atoms with Crippen LogP contribution in [0.3, 0.4) is 0 Å². The summed E-state index contributed by atoms with van der Waals surface area (Å²) in [5.74, 6) is 0.548. The van der Waals surface area contributed by atoms with Crippen molar-refractivity contribution in [2.45, 2.75) is 52.9 Å². The van der Waals surface area contributed by atoms with Gasteiger partial charge in [0.2, 0.25) is 5.89 Å². The van der Waals surface area contributed by atoms with Crippen molar-refractivity contribution in [1.82, 2.24) is 4.98 Å². The Labute approximate surface area is 114 Å². The summed E-state index contributed by atoms with van der Waals surface area (Å²) in [6.07, 6.45) is 9.81. The van der Waals surface area contributed by atoms with Crippen molar-refractivity contribution < 1.29 is 13.9 Å². The molecule has 0 aliphatic heterocycles. The molecule has 0 amide bonds. The van der Waals surface area contributed by atoms with E-state index in [1.165, 1.54) is 25.7 Å². The Kier molecular flexibility index (Phi) is 6.93. The third-order valence-electron chi connectivity index (χ3n) is 2.77. The van der Waals surface area contributed by atoms with E-state index in [0.29, 0.717) is 18.3 Å². The van der Waals surface area contributed by atoms with Gasteiger partial charge in [-0.25, -0.2) is 9.78 Å². The normalized spacial score (nSPS) is 11.1. The van der Waals surface area contributed by atoms with E-state index in [1.54, 1.807) is 13.8 Å². The van der Waals surface area contributed by atoms with Gasteiger partial charge >= 0.3 is 5.97 Å². The van der Waals surface area contributed by atoms with Crippen LogP contribution in [0.15, 0.2) is 10.5 Å². The van der Waals surface area contributed by atoms with Gasteiger partial charge in [0.15, 0.2) is 5.69 Å². The molecule has 0 N–H and O–H groups in total. The standard InChI is InChI=1S/C15H23NO3/c1-4-6-7-8-9-10-11-13-16-14(12(3)19-13)15(17)18-5-2/h10-11H,4-9H2,1-3H3/b11-10+. The van der Waals surface area contributed by atoms with Crippen LogP contribution in [0.25, 0.3) is 6.08 Å². The number of nitrogens with zero attached hydrogens (tertiary/aromatic N) is 1. The largest absolute Gasteiger partial charge is 0.461 e. The molecule has 1 rings (SSSR count). The molecule has 0 fully saturated rings. The highest BCUT2D eigenvalue weighted by molar-refractivity contribution is 5.88. The van der Waals surface area contributed by atoms with E-state index in [1.807, 2.05) is 12.2 Å². The van der Waals surface area contributed by atoms with Crippen molar-refractivity contribution in [3.05, 3.63) is 23.4 Å². The van der Waals surface area contributed by atoms with Crippen molar-refractivity contribution in [2.24, 2.45) is 0 Å². The molecule has 0 radical (unpaired) electrons. The zero-order valence-corrected chi connectivity index (χ0v) is 12.1. The monoisotopic (exact) mass is 265 g/mol. The van der Waals surface area contributed by atoms with E-state index in [-0.39, 0.29) is 5.69 Å². The second kappa shape index (κ2) is 8.51. The highest BCUT2D eigenvalue weighted by Gasteiger charge is 2.16. The fourth-order valence-electron chi connectivity index (χ4n) is 1.75. The Hall–Kier alpha value is -1.58. The molecule has 0 bridgehead atoms. The highest BCUT2D eigenvalue weighted by atomic mass is 16.5. The minimum absolute atomic E-state index is 0.271. The summed E-state index contributed by atoms with van der Waals surface area (Å²) in [5, 5.41) is 0. The third kappa shape index (κ3) is 5.28. The lowest BCUT2D eigenvalue weighted by Gasteiger charge is -1.96. The fourth-order valence-corrected chi connectivity index (χ4v) is 1.75. The first-order valence-electron chi connectivity index (χ1n) is 7.00. The number of carbonyl (C=O) groups is 1. The number of esters is 1. The maximum Gasteiger partial charge on any atom is 0.360 e. The number of hydrogen-bond acceptors (Lipinski definition) is 4. The number of oxazole rings is 1. The summed E-state index contributed by atoms with van der Waals surface area (Å²) in [6, 6.07) is 0. The first-order chi connectivity index (χ1) is 9.19. The van der Waals surface area contributed by atoms with E-state index in [4.69, 9.17) is 9.15 Å².